The summed E-state index contributed by atoms with van der Waals surface area (Å²) >= 11 is 0. The van der Waals surface area contributed by atoms with Crippen LogP contribution in [0.2, 0.25) is 0 Å². The smallest absolute Gasteiger partial charge is 0.166 e. The summed E-state index contributed by atoms with van der Waals surface area (Å²) < 4.78 is 13.6. The topological polar surface area (TPSA) is 55.5 Å². The Morgan fingerprint density at radius 3 is 2.65 bits per heavy atom. The van der Waals surface area contributed by atoms with E-state index < -0.39 is 0 Å². The third kappa shape index (κ3) is 4.80. The van der Waals surface area contributed by atoms with Crippen molar-refractivity contribution >= 4 is 12.0 Å². The molecule has 2 aliphatic carbocycles. The van der Waals surface area contributed by atoms with E-state index >= 15 is 0 Å². The van der Waals surface area contributed by atoms with Gasteiger partial charge in [-0.15, -0.1) is 0 Å². The number of aliphatic imine (C=N–C) groups is 1. The highest BCUT2D eigenvalue weighted by Gasteiger charge is 2.26. The number of hydrogen-bond donors (Lipinski definition) is 1. The molecule has 2 N–H and O–H groups in total. The van der Waals surface area contributed by atoms with E-state index in [0.717, 1.165) is 68.1 Å². The van der Waals surface area contributed by atoms with E-state index in [-0.39, 0.29) is 11.7 Å². The Morgan fingerprint density at radius 1 is 1.15 bits per heavy atom. The Morgan fingerprint density at radius 2 is 1.92 bits per heavy atom. The van der Waals surface area contributed by atoms with Gasteiger partial charge >= 0.3 is 0 Å². The summed E-state index contributed by atoms with van der Waals surface area (Å²) in [5.74, 6) is -0.000196. The van der Waals surface area contributed by atoms with Crippen molar-refractivity contribution in [3.8, 4) is 0 Å². The van der Waals surface area contributed by atoms with Gasteiger partial charge in [-0.2, -0.15) is 0 Å². The summed E-state index contributed by atoms with van der Waals surface area (Å²) in [7, 11) is 0. The molecule has 4 heteroatoms. The Labute approximate surface area is 155 Å². The average Bonchev–Trinajstić information content (AvgIpc) is 2.85. The number of aldehydes is 1. The van der Waals surface area contributed by atoms with Crippen LogP contribution < -0.4 is 5.73 Å². The Kier molecular flexibility index (Phi) is 6.59. The molecular weight excluding hydrogens is 327 g/mol. The zero-order valence-electron chi connectivity index (χ0n) is 15.4. The second-order valence-corrected chi connectivity index (χ2v) is 7.63. The Hall–Kier alpha value is -1.97. The minimum atomic E-state index is -0.204. The molecule has 0 aliphatic heterocycles. The van der Waals surface area contributed by atoms with Gasteiger partial charge in [0.2, 0.25) is 0 Å². The molecule has 0 spiro atoms. The van der Waals surface area contributed by atoms with E-state index in [1.54, 1.807) is 12.1 Å². The number of benzene rings is 1. The molecule has 0 amide bonds. The van der Waals surface area contributed by atoms with Crippen LogP contribution in [0.4, 0.5) is 4.39 Å². The summed E-state index contributed by atoms with van der Waals surface area (Å²) in [4.78, 5) is 16.5. The van der Waals surface area contributed by atoms with Gasteiger partial charge in [-0.3, -0.25) is 9.79 Å². The highest BCUT2D eigenvalue weighted by atomic mass is 19.1. The molecule has 2 aliphatic rings. The van der Waals surface area contributed by atoms with Crippen LogP contribution in [-0.2, 0) is 11.2 Å². The van der Waals surface area contributed by atoms with Gasteiger partial charge in [-0.05, 0) is 61.8 Å². The second kappa shape index (κ2) is 9.11. The lowest BCUT2D eigenvalue weighted by Gasteiger charge is -2.24. The van der Waals surface area contributed by atoms with E-state index in [1.165, 1.54) is 25.3 Å². The summed E-state index contributed by atoms with van der Waals surface area (Å²) in [5, 5.41) is 0. The van der Waals surface area contributed by atoms with E-state index in [9.17, 15) is 9.18 Å². The first-order chi connectivity index (χ1) is 12.7. The molecule has 3 nitrogen and oxygen atoms in total. The molecule has 0 heterocycles. The molecule has 1 atom stereocenters. The number of carbonyl (C=O) groups excluding carboxylic acids is 1. The van der Waals surface area contributed by atoms with Gasteiger partial charge in [0.05, 0.1) is 11.7 Å². The van der Waals surface area contributed by atoms with Crippen molar-refractivity contribution in [1.29, 1.82) is 0 Å². The molecule has 26 heavy (non-hydrogen) atoms. The third-order valence-electron chi connectivity index (χ3n) is 5.67. The maximum atomic E-state index is 13.6. The lowest BCUT2D eigenvalue weighted by molar-refractivity contribution is -0.105. The first-order valence-corrected chi connectivity index (χ1v) is 9.93. The number of carbonyl (C=O) groups is 1. The van der Waals surface area contributed by atoms with Crippen molar-refractivity contribution in [1.82, 2.24) is 0 Å². The van der Waals surface area contributed by atoms with Gasteiger partial charge in [0.25, 0.3) is 0 Å². The van der Waals surface area contributed by atoms with Gasteiger partial charge in [0, 0.05) is 11.6 Å². The zero-order chi connectivity index (χ0) is 18.4. The van der Waals surface area contributed by atoms with Crippen LogP contribution in [0.5, 0.6) is 0 Å². The number of allylic oxidation sites excluding steroid dienone is 2. The van der Waals surface area contributed by atoms with Gasteiger partial charge in [-0.25, -0.2) is 4.39 Å². The number of hydrogen-bond acceptors (Lipinski definition) is 3. The largest absolute Gasteiger partial charge is 0.396 e. The van der Waals surface area contributed by atoms with Gasteiger partial charge in [0.1, 0.15) is 5.82 Å². The first kappa shape index (κ1) is 18.8. The van der Waals surface area contributed by atoms with Crippen molar-refractivity contribution in [3.05, 3.63) is 46.9 Å². The van der Waals surface area contributed by atoms with E-state index in [2.05, 4.69) is 0 Å². The van der Waals surface area contributed by atoms with Gasteiger partial charge < -0.3 is 5.73 Å². The SMILES string of the molecule is N/C(C=O)=C1/CCCCC(Cc2cccc(F)c2)C1=NC1CCCCC1. The molecule has 0 bridgehead atoms. The van der Waals surface area contributed by atoms with Crippen LogP contribution in [0.3, 0.4) is 0 Å². The van der Waals surface area contributed by atoms with Crippen LogP contribution in [0.1, 0.15) is 63.4 Å². The van der Waals surface area contributed by atoms with Crippen molar-refractivity contribution in [2.24, 2.45) is 16.6 Å². The second-order valence-electron chi connectivity index (χ2n) is 7.63. The van der Waals surface area contributed by atoms with Gasteiger partial charge in [0.15, 0.2) is 6.29 Å². The molecule has 1 aromatic rings. The monoisotopic (exact) mass is 356 g/mol. The third-order valence-corrected chi connectivity index (χ3v) is 5.67. The average molecular weight is 356 g/mol. The van der Waals surface area contributed by atoms with E-state index in [1.807, 2.05) is 6.07 Å². The Bertz CT molecular complexity index is 689. The molecule has 2 saturated carbocycles. The number of nitrogens with zero attached hydrogens (tertiary/aromatic N) is 1. The maximum absolute atomic E-state index is 13.6. The molecule has 3 rings (SSSR count). The molecule has 1 unspecified atom stereocenters. The summed E-state index contributed by atoms with van der Waals surface area (Å²) in [6.45, 7) is 0. The first-order valence-electron chi connectivity index (χ1n) is 9.93. The highest BCUT2D eigenvalue weighted by molar-refractivity contribution is 6.05. The van der Waals surface area contributed by atoms with Crippen LogP contribution in [-0.4, -0.2) is 18.0 Å². The number of rotatable bonds is 4. The lowest BCUT2D eigenvalue weighted by atomic mass is 9.87. The van der Waals surface area contributed by atoms with Crippen LogP contribution in [0, 0.1) is 11.7 Å². The van der Waals surface area contributed by atoms with Crippen LogP contribution >= 0.6 is 0 Å². The molecule has 2 fully saturated rings. The lowest BCUT2D eigenvalue weighted by Crippen LogP contribution is -2.24. The molecule has 1 aromatic carbocycles. The standard InChI is InChI=1S/C22H29FN2O/c23-18-9-6-7-16(14-18)13-17-8-4-5-12-20(21(24)15-26)22(17)25-19-10-2-1-3-11-19/h6-7,9,14-15,17,19H,1-5,8,10-13,24H2/b21-20-,25-22?. The minimum Gasteiger partial charge on any atom is -0.396 e. The maximum Gasteiger partial charge on any atom is 0.166 e. The van der Waals surface area contributed by atoms with Crippen molar-refractivity contribution in [2.45, 2.75) is 70.3 Å². The Balaban J connectivity index is 1.94. The molecular formula is C22H29FN2O. The number of nitrogens with two attached hydrogens (primary N) is 1. The normalized spacial score (nSPS) is 25.7. The number of halogens is 1. The van der Waals surface area contributed by atoms with Gasteiger partial charge in [-0.1, -0.05) is 37.8 Å². The van der Waals surface area contributed by atoms with E-state index in [0.29, 0.717) is 11.7 Å². The summed E-state index contributed by atoms with van der Waals surface area (Å²) in [5.41, 5.74) is 9.32. The molecule has 140 valence electrons. The van der Waals surface area contributed by atoms with E-state index in [4.69, 9.17) is 10.7 Å². The highest BCUT2D eigenvalue weighted by Crippen LogP contribution is 2.31. The van der Waals surface area contributed by atoms with Crippen molar-refractivity contribution in [2.75, 3.05) is 0 Å². The predicted octanol–water partition coefficient (Wildman–Crippen LogP) is 4.74. The zero-order valence-corrected chi connectivity index (χ0v) is 15.4. The fourth-order valence-corrected chi connectivity index (χ4v) is 4.30. The quantitative estimate of drug-likeness (QED) is 0.481. The van der Waals surface area contributed by atoms with Crippen molar-refractivity contribution in [3.63, 3.8) is 0 Å². The molecule has 0 aromatic heterocycles. The summed E-state index contributed by atoms with van der Waals surface area (Å²) in [6.07, 6.45) is 11.4. The fraction of sp³-hybridized carbons (Fsp3) is 0.545. The van der Waals surface area contributed by atoms with Crippen molar-refractivity contribution < 1.29 is 9.18 Å². The minimum absolute atomic E-state index is 0.203. The summed E-state index contributed by atoms with van der Waals surface area (Å²) in [6, 6.07) is 7.15. The molecule has 0 saturated heterocycles. The predicted molar refractivity (Wildman–Crippen MR) is 104 cm³/mol. The fourth-order valence-electron chi connectivity index (χ4n) is 4.30. The van der Waals surface area contributed by atoms with Crippen LogP contribution in [0.25, 0.3) is 0 Å². The molecule has 0 radical (unpaired) electrons. The van der Waals surface area contributed by atoms with Crippen LogP contribution in [0.15, 0.2) is 40.5 Å².